The van der Waals surface area contributed by atoms with Crippen LogP contribution in [0.5, 0.6) is 0 Å². The van der Waals surface area contributed by atoms with Gasteiger partial charge >= 0.3 is 7.60 Å². The SMILES string of the molecule is CCC(C)OP(=O)(O)C(C)=C1NCCNc2cc(-c3ccsc3)ccc21. The molecule has 3 rings (SSSR count). The number of fused-ring (bicyclic) bond motifs is 1. The van der Waals surface area contributed by atoms with Gasteiger partial charge in [-0.25, -0.2) is 0 Å². The Hall–Kier alpha value is -1.59. The molecule has 26 heavy (non-hydrogen) atoms. The van der Waals surface area contributed by atoms with Crippen LogP contribution >= 0.6 is 18.9 Å². The van der Waals surface area contributed by atoms with Crippen LogP contribution in [-0.2, 0) is 9.09 Å². The van der Waals surface area contributed by atoms with Crippen molar-refractivity contribution in [1.29, 1.82) is 0 Å². The molecule has 0 radical (unpaired) electrons. The quantitative estimate of drug-likeness (QED) is 0.616. The summed E-state index contributed by atoms with van der Waals surface area (Å²) in [6.07, 6.45) is 0.411. The lowest BCUT2D eigenvalue weighted by Crippen LogP contribution is -2.18. The van der Waals surface area contributed by atoms with E-state index in [2.05, 4.69) is 33.5 Å². The Morgan fingerprint density at radius 1 is 1.31 bits per heavy atom. The zero-order valence-corrected chi connectivity index (χ0v) is 17.0. The van der Waals surface area contributed by atoms with Crippen molar-refractivity contribution in [3.05, 3.63) is 45.9 Å². The normalized spacial score (nSPS) is 19.4. The van der Waals surface area contributed by atoms with Gasteiger partial charge in [-0.2, -0.15) is 11.3 Å². The zero-order chi connectivity index (χ0) is 18.7. The van der Waals surface area contributed by atoms with Crippen molar-refractivity contribution in [2.24, 2.45) is 0 Å². The van der Waals surface area contributed by atoms with Crippen molar-refractivity contribution in [2.75, 3.05) is 18.4 Å². The van der Waals surface area contributed by atoms with Gasteiger partial charge in [0, 0.05) is 24.3 Å². The molecule has 140 valence electrons. The third-order valence-corrected chi connectivity index (χ3v) is 6.97. The van der Waals surface area contributed by atoms with E-state index in [-0.39, 0.29) is 6.10 Å². The van der Waals surface area contributed by atoms with Crippen LogP contribution in [0.25, 0.3) is 16.8 Å². The number of rotatable bonds is 5. The summed E-state index contributed by atoms with van der Waals surface area (Å²) in [5.41, 5.74) is 4.82. The average molecular weight is 392 g/mol. The Bertz CT molecular complexity index is 848. The molecule has 0 bridgehead atoms. The fourth-order valence-electron chi connectivity index (χ4n) is 2.86. The van der Waals surface area contributed by atoms with Gasteiger partial charge in [-0.05, 0) is 54.3 Å². The third kappa shape index (κ3) is 4.04. The minimum absolute atomic E-state index is 0.272. The van der Waals surface area contributed by atoms with Gasteiger partial charge < -0.3 is 20.1 Å². The first-order valence-electron chi connectivity index (χ1n) is 8.79. The first-order valence-corrected chi connectivity index (χ1v) is 11.3. The van der Waals surface area contributed by atoms with E-state index >= 15 is 0 Å². The molecule has 1 aromatic carbocycles. The lowest BCUT2D eigenvalue weighted by Gasteiger charge is -2.21. The number of hydrogen-bond acceptors (Lipinski definition) is 5. The van der Waals surface area contributed by atoms with Gasteiger partial charge in [0.2, 0.25) is 0 Å². The second-order valence-electron chi connectivity index (χ2n) is 6.43. The Morgan fingerprint density at radius 2 is 2.08 bits per heavy atom. The summed E-state index contributed by atoms with van der Waals surface area (Å²) in [6, 6.07) is 8.22. The van der Waals surface area contributed by atoms with Crippen LogP contribution in [0.15, 0.2) is 40.3 Å². The first kappa shape index (κ1) is 19.2. The Balaban J connectivity index is 2.03. The van der Waals surface area contributed by atoms with E-state index < -0.39 is 7.60 Å². The van der Waals surface area contributed by atoms with Crippen LogP contribution in [0.3, 0.4) is 0 Å². The number of thiophene rings is 1. The van der Waals surface area contributed by atoms with Crippen molar-refractivity contribution >= 4 is 30.3 Å². The summed E-state index contributed by atoms with van der Waals surface area (Å²) in [4.78, 5) is 10.5. The van der Waals surface area contributed by atoms with Crippen molar-refractivity contribution < 1.29 is 14.0 Å². The smallest absolute Gasteiger partial charge is 0.356 e. The molecule has 3 N–H and O–H groups in total. The molecule has 5 nitrogen and oxygen atoms in total. The molecule has 0 aliphatic carbocycles. The number of benzene rings is 1. The summed E-state index contributed by atoms with van der Waals surface area (Å²) >= 11 is 1.66. The number of nitrogens with one attached hydrogen (secondary N) is 2. The average Bonchev–Trinajstić information content (AvgIpc) is 3.08. The van der Waals surface area contributed by atoms with Crippen molar-refractivity contribution in [1.82, 2.24) is 5.32 Å². The monoisotopic (exact) mass is 392 g/mol. The Kier molecular flexibility index (Phi) is 5.88. The highest BCUT2D eigenvalue weighted by Crippen LogP contribution is 2.54. The summed E-state index contributed by atoms with van der Waals surface area (Å²) in [5.74, 6) is 0. The number of allylic oxidation sites excluding steroid dienone is 1. The molecular formula is C19H25N2O3PS. The highest BCUT2D eigenvalue weighted by Gasteiger charge is 2.29. The van der Waals surface area contributed by atoms with Gasteiger partial charge in [-0.1, -0.05) is 19.1 Å². The van der Waals surface area contributed by atoms with E-state index in [0.717, 1.165) is 23.4 Å². The van der Waals surface area contributed by atoms with Gasteiger partial charge in [-0.3, -0.25) is 4.57 Å². The molecule has 2 heterocycles. The molecule has 0 spiro atoms. The largest absolute Gasteiger partial charge is 0.383 e. The molecule has 1 aliphatic rings. The zero-order valence-electron chi connectivity index (χ0n) is 15.3. The van der Waals surface area contributed by atoms with Crippen LogP contribution in [0.4, 0.5) is 5.69 Å². The van der Waals surface area contributed by atoms with E-state index in [9.17, 15) is 9.46 Å². The van der Waals surface area contributed by atoms with Crippen LogP contribution in [0.2, 0.25) is 0 Å². The van der Waals surface area contributed by atoms with E-state index in [0.29, 0.717) is 24.0 Å². The number of anilines is 1. The molecular weight excluding hydrogens is 367 g/mol. The van der Waals surface area contributed by atoms with Gasteiger partial charge in [-0.15, -0.1) is 0 Å². The topological polar surface area (TPSA) is 70.6 Å². The first-order chi connectivity index (χ1) is 12.4. The second kappa shape index (κ2) is 7.97. The second-order valence-corrected chi connectivity index (χ2v) is 9.13. The molecule has 0 saturated carbocycles. The van der Waals surface area contributed by atoms with Crippen LogP contribution < -0.4 is 10.6 Å². The molecule has 1 aliphatic heterocycles. The maximum Gasteiger partial charge on any atom is 0.356 e. The van der Waals surface area contributed by atoms with Gasteiger partial charge in [0.15, 0.2) is 0 Å². The van der Waals surface area contributed by atoms with Gasteiger partial charge in [0.25, 0.3) is 0 Å². The molecule has 2 aromatic rings. The van der Waals surface area contributed by atoms with E-state index in [1.807, 2.05) is 26.0 Å². The predicted molar refractivity (Wildman–Crippen MR) is 110 cm³/mol. The summed E-state index contributed by atoms with van der Waals surface area (Å²) in [6.45, 7) is 6.82. The van der Waals surface area contributed by atoms with Crippen molar-refractivity contribution in [3.63, 3.8) is 0 Å². The van der Waals surface area contributed by atoms with E-state index in [1.54, 1.807) is 18.3 Å². The van der Waals surface area contributed by atoms with Gasteiger partial charge in [0.1, 0.15) is 0 Å². The lowest BCUT2D eigenvalue weighted by molar-refractivity contribution is 0.190. The fraction of sp³-hybridized carbons (Fsp3) is 0.368. The third-order valence-electron chi connectivity index (χ3n) is 4.57. The fourth-order valence-corrected chi connectivity index (χ4v) is 4.80. The van der Waals surface area contributed by atoms with Gasteiger partial charge in [0.05, 0.1) is 17.1 Å². The van der Waals surface area contributed by atoms with Crippen LogP contribution in [0.1, 0.15) is 32.8 Å². The molecule has 7 heteroatoms. The highest BCUT2D eigenvalue weighted by atomic mass is 32.1. The maximum atomic E-state index is 12.8. The minimum Gasteiger partial charge on any atom is -0.383 e. The Labute approximate surface area is 158 Å². The molecule has 2 atom stereocenters. The predicted octanol–water partition coefficient (Wildman–Crippen LogP) is 5.12. The maximum absolute atomic E-state index is 12.8. The molecule has 0 saturated heterocycles. The standard InChI is InChI=1S/C19H25N2O3PS/c1-4-13(2)24-25(22,23)14(3)19-17-6-5-15(16-7-10-26-12-16)11-18(17)20-8-9-21-19/h5-7,10-13,20-21H,4,8-9H2,1-3H3,(H,22,23). The van der Waals surface area contributed by atoms with Crippen molar-refractivity contribution in [2.45, 2.75) is 33.3 Å². The van der Waals surface area contributed by atoms with E-state index in [1.165, 1.54) is 5.56 Å². The summed E-state index contributed by atoms with van der Waals surface area (Å²) < 4.78 is 18.2. The molecule has 0 fully saturated rings. The molecule has 1 aromatic heterocycles. The minimum atomic E-state index is -3.87. The van der Waals surface area contributed by atoms with Crippen LogP contribution in [-0.4, -0.2) is 24.1 Å². The Morgan fingerprint density at radius 3 is 2.77 bits per heavy atom. The number of hydrogen-bond donors (Lipinski definition) is 3. The van der Waals surface area contributed by atoms with Crippen molar-refractivity contribution in [3.8, 4) is 11.1 Å². The summed E-state index contributed by atoms with van der Waals surface area (Å²) in [7, 11) is -3.87. The lowest BCUT2D eigenvalue weighted by atomic mass is 10.0. The van der Waals surface area contributed by atoms with Crippen LogP contribution in [0, 0.1) is 0 Å². The highest BCUT2D eigenvalue weighted by molar-refractivity contribution is 7.57. The molecule has 0 amide bonds. The molecule has 2 unspecified atom stereocenters. The van der Waals surface area contributed by atoms with E-state index in [4.69, 9.17) is 4.52 Å². The summed E-state index contributed by atoms with van der Waals surface area (Å²) in [5, 5.41) is 11.2.